The molecule has 144 valence electrons. The Bertz CT molecular complexity index is 459. The Labute approximate surface area is 151 Å². The van der Waals surface area contributed by atoms with Crippen LogP contribution in [-0.4, -0.2) is 38.8 Å². The molecule has 0 spiro atoms. The lowest BCUT2D eigenvalue weighted by atomic mass is 9.72. The van der Waals surface area contributed by atoms with E-state index in [9.17, 15) is 19.8 Å². The minimum atomic E-state index is -1.42. The lowest BCUT2D eigenvalue weighted by Crippen LogP contribution is -2.45. The predicted octanol–water partition coefficient (Wildman–Crippen LogP) is 3.48. The number of carboxylic acid groups (broad SMARTS) is 1. The average Bonchev–Trinajstić information content (AvgIpc) is 2.90. The van der Waals surface area contributed by atoms with Crippen LogP contribution in [0.25, 0.3) is 0 Å². The Balaban J connectivity index is 2.85. The van der Waals surface area contributed by atoms with Crippen LogP contribution in [-0.2, 0) is 9.59 Å². The SMILES string of the molecule is CCCCC[C@H](O)/C=C/[C@@H](CC)[C@@H](CCC(=O)O)[C@]1(O)CCCC1=O. The molecule has 0 unspecified atom stereocenters. The normalized spacial score (nSPS) is 24.6. The molecule has 0 aromatic carbocycles. The second kappa shape index (κ2) is 10.7. The van der Waals surface area contributed by atoms with Crippen molar-refractivity contribution in [2.45, 2.75) is 89.8 Å². The zero-order valence-electron chi connectivity index (χ0n) is 15.6. The van der Waals surface area contributed by atoms with Crippen LogP contribution in [0.1, 0.15) is 78.1 Å². The number of aliphatic carboxylic acids is 1. The number of ketones is 1. The summed E-state index contributed by atoms with van der Waals surface area (Å²) in [5, 5.41) is 30.0. The Morgan fingerprint density at radius 2 is 1.96 bits per heavy atom. The largest absolute Gasteiger partial charge is 0.481 e. The van der Waals surface area contributed by atoms with Crippen molar-refractivity contribution in [3.63, 3.8) is 0 Å². The maximum atomic E-state index is 12.2. The van der Waals surface area contributed by atoms with E-state index in [1.54, 1.807) is 6.08 Å². The number of hydrogen-bond donors (Lipinski definition) is 3. The highest BCUT2D eigenvalue weighted by molar-refractivity contribution is 5.89. The van der Waals surface area contributed by atoms with Gasteiger partial charge in [0.2, 0.25) is 0 Å². The number of unbranched alkanes of at least 4 members (excludes halogenated alkanes) is 2. The molecule has 1 aliphatic carbocycles. The minimum absolute atomic E-state index is 0.0658. The van der Waals surface area contributed by atoms with Crippen molar-refractivity contribution in [2.75, 3.05) is 0 Å². The van der Waals surface area contributed by atoms with Crippen molar-refractivity contribution in [3.05, 3.63) is 12.2 Å². The number of carbonyl (C=O) groups excluding carboxylic acids is 1. The van der Waals surface area contributed by atoms with E-state index in [2.05, 4.69) is 6.92 Å². The summed E-state index contributed by atoms with van der Waals surface area (Å²) < 4.78 is 0. The van der Waals surface area contributed by atoms with Crippen molar-refractivity contribution >= 4 is 11.8 Å². The summed E-state index contributed by atoms with van der Waals surface area (Å²) in [4.78, 5) is 23.2. The number of hydrogen-bond acceptors (Lipinski definition) is 4. The molecular formula is C20H34O5. The van der Waals surface area contributed by atoms with E-state index in [0.29, 0.717) is 32.1 Å². The van der Waals surface area contributed by atoms with Gasteiger partial charge in [-0.05, 0) is 38.0 Å². The Morgan fingerprint density at radius 3 is 2.48 bits per heavy atom. The molecule has 0 heterocycles. The van der Waals surface area contributed by atoms with Gasteiger partial charge in [0.1, 0.15) is 5.60 Å². The fourth-order valence-electron chi connectivity index (χ4n) is 3.88. The molecule has 3 N–H and O–H groups in total. The molecule has 0 aromatic rings. The molecule has 0 aliphatic heterocycles. The number of carboxylic acids is 1. The van der Waals surface area contributed by atoms with E-state index in [-0.39, 0.29) is 24.5 Å². The van der Waals surface area contributed by atoms with Crippen molar-refractivity contribution in [1.82, 2.24) is 0 Å². The quantitative estimate of drug-likeness (QED) is 0.368. The molecule has 5 heteroatoms. The van der Waals surface area contributed by atoms with E-state index in [4.69, 9.17) is 5.11 Å². The molecule has 1 saturated carbocycles. The average molecular weight is 354 g/mol. The number of aliphatic hydroxyl groups is 2. The molecule has 1 aliphatic rings. The van der Waals surface area contributed by atoms with Crippen LogP contribution in [0.4, 0.5) is 0 Å². The van der Waals surface area contributed by atoms with Crippen LogP contribution in [0.3, 0.4) is 0 Å². The molecule has 25 heavy (non-hydrogen) atoms. The first-order valence-electron chi connectivity index (χ1n) is 9.69. The molecule has 0 saturated heterocycles. The third-order valence-electron chi connectivity index (χ3n) is 5.40. The van der Waals surface area contributed by atoms with E-state index < -0.39 is 23.6 Å². The highest BCUT2D eigenvalue weighted by Crippen LogP contribution is 2.41. The van der Waals surface area contributed by atoms with E-state index in [0.717, 1.165) is 19.3 Å². The molecule has 0 amide bonds. The molecule has 1 fully saturated rings. The zero-order valence-corrected chi connectivity index (χ0v) is 15.6. The summed E-state index contributed by atoms with van der Waals surface area (Å²) in [6, 6.07) is 0. The van der Waals surface area contributed by atoms with Crippen LogP contribution in [0.15, 0.2) is 12.2 Å². The maximum absolute atomic E-state index is 12.2. The third-order valence-corrected chi connectivity index (χ3v) is 5.40. The second-order valence-electron chi connectivity index (χ2n) is 7.26. The Kier molecular flexibility index (Phi) is 9.36. The molecule has 5 nitrogen and oxygen atoms in total. The van der Waals surface area contributed by atoms with Gasteiger partial charge in [-0.2, -0.15) is 0 Å². The fourth-order valence-corrected chi connectivity index (χ4v) is 3.88. The monoisotopic (exact) mass is 354 g/mol. The standard InChI is InChI=1S/C20H34O5/c1-3-5-6-8-16(21)11-10-15(4-2)17(12-13-19(23)24)20(25)14-7-9-18(20)22/h10-11,15-17,21,25H,3-9,12-14H2,1-2H3,(H,23,24)/b11-10+/t15-,16+,17-,20-/m1/s1. The first-order chi connectivity index (χ1) is 11.8. The molecule has 0 aromatic heterocycles. The van der Waals surface area contributed by atoms with Gasteiger partial charge in [0, 0.05) is 18.8 Å². The van der Waals surface area contributed by atoms with Crippen LogP contribution < -0.4 is 0 Å². The van der Waals surface area contributed by atoms with Crippen molar-refractivity contribution in [3.8, 4) is 0 Å². The Hall–Kier alpha value is -1.20. The van der Waals surface area contributed by atoms with Crippen LogP contribution >= 0.6 is 0 Å². The first-order valence-corrected chi connectivity index (χ1v) is 9.69. The van der Waals surface area contributed by atoms with Crippen LogP contribution in [0, 0.1) is 11.8 Å². The van der Waals surface area contributed by atoms with Gasteiger partial charge in [-0.1, -0.05) is 45.3 Å². The summed E-state index contributed by atoms with van der Waals surface area (Å²) in [6.07, 6.45) is 9.25. The van der Waals surface area contributed by atoms with Gasteiger partial charge in [0.25, 0.3) is 0 Å². The number of aliphatic hydroxyl groups excluding tert-OH is 1. The first kappa shape index (κ1) is 21.8. The summed E-state index contributed by atoms with van der Waals surface area (Å²) >= 11 is 0. The van der Waals surface area contributed by atoms with E-state index in [1.807, 2.05) is 13.0 Å². The Morgan fingerprint density at radius 1 is 1.24 bits per heavy atom. The second-order valence-corrected chi connectivity index (χ2v) is 7.26. The summed E-state index contributed by atoms with van der Waals surface area (Å²) in [5.41, 5.74) is -1.42. The number of Topliss-reactive ketones (excluding diaryl/α,β-unsaturated/α-hetero) is 1. The number of rotatable bonds is 12. The molecule has 1 rings (SSSR count). The van der Waals surface area contributed by atoms with Gasteiger partial charge in [-0.15, -0.1) is 0 Å². The number of allylic oxidation sites excluding steroid dienone is 1. The fraction of sp³-hybridized carbons (Fsp3) is 0.800. The predicted molar refractivity (Wildman–Crippen MR) is 97.2 cm³/mol. The highest BCUT2D eigenvalue weighted by Gasteiger charge is 2.48. The van der Waals surface area contributed by atoms with Crippen LogP contribution in [0.2, 0.25) is 0 Å². The lowest BCUT2D eigenvalue weighted by Gasteiger charge is -2.35. The van der Waals surface area contributed by atoms with Crippen molar-refractivity contribution < 1.29 is 24.9 Å². The third kappa shape index (κ3) is 6.55. The summed E-state index contributed by atoms with van der Waals surface area (Å²) in [5.74, 6) is -1.62. The van der Waals surface area contributed by atoms with Gasteiger partial charge < -0.3 is 15.3 Å². The molecule has 0 radical (unpaired) electrons. The lowest BCUT2D eigenvalue weighted by molar-refractivity contribution is -0.144. The van der Waals surface area contributed by atoms with Gasteiger partial charge in [0.05, 0.1) is 6.10 Å². The number of carbonyl (C=O) groups is 2. The van der Waals surface area contributed by atoms with Gasteiger partial charge >= 0.3 is 5.97 Å². The van der Waals surface area contributed by atoms with Crippen molar-refractivity contribution in [2.24, 2.45) is 11.8 Å². The highest BCUT2D eigenvalue weighted by atomic mass is 16.4. The van der Waals surface area contributed by atoms with E-state index >= 15 is 0 Å². The van der Waals surface area contributed by atoms with Gasteiger partial charge in [-0.3, -0.25) is 9.59 Å². The van der Waals surface area contributed by atoms with Gasteiger partial charge in [-0.25, -0.2) is 0 Å². The van der Waals surface area contributed by atoms with Crippen molar-refractivity contribution in [1.29, 1.82) is 0 Å². The van der Waals surface area contributed by atoms with E-state index in [1.165, 1.54) is 0 Å². The van der Waals surface area contributed by atoms with Crippen LogP contribution in [0.5, 0.6) is 0 Å². The minimum Gasteiger partial charge on any atom is -0.481 e. The summed E-state index contributed by atoms with van der Waals surface area (Å²) in [7, 11) is 0. The maximum Gasteiger partial charge on any atom is 0.303 e. The zero-order chi connectivity index (χ0) is 18.9. The molecular weight excluding hydrogens is 320 g/mol. The topological polar surface area (TPSA) is 94.8 Å². The van der Waals surface area contributed by atoms with Gasteiger partial charge in [0.15, 0.2) is 5.78 Å². The smallest absolute Gasteiger partial charge is 0.303 e. The summed E-state index contributed by atoms with van der Waals surface area (Å²) in [6.45, 7) is 4.08. The molecule has 4 atom stereocenters. The molecule has 0 bridgehead atoms.